The maximum absolute atomic E-state index is 13.1. The number of allylic oxidation sites excluding steroid dienone is 24. The Kier molecular flexibility index (Phi) is 70.5. The molecule has 0 aromatic heterocycles. The average Bonchev–Trinajstić information content (AvgIpc) is 0.907. The molecule has 0 aromatic carbocycles. The van der Waals surface area contributed by atoms with Crippen LogP contribution < -0.4 is 0 Å². The van der Waals surface area contributed by atoms with Crippen molar-refractivity contribution >= 4 is 39.5 Å². The molecule has 0 rings (SSSR count). The highest BCUT2D eigenvalue weighted by molar-refractivity contribution is 7.47. The van der Waals surface area contributed by atoms with Crippen molar-refractivity contribution in [1.82, 2.24) is 0 Å². The predicted octanol–water partition coefficient (Wildman–Crippen LogP) is 22.7. The van der Waals surface area contributed by atoms with Gasteiger partial charge in [-0.2, -0.15) is 0 Å². The van der Waals surface area contributed by atoms with E-state index in [1.807, 2.05) is 12.2 Å². The highest BCUT2D eigenvalue weighted by Crippen LogP contribution is 2.45. The van der Waals surface area contributed by atoms with Gasteiger partial charge >= 0.3 is 39.5 Å². The summed E-state index contributed by atoms with van der Waals surface area (Å²) >= 11 is 0. The molecule has 3 N–H and O–H groups in total. The SMILES string of the molecule is CC/C=C\C/C=C\C/C=C\C/C=C\C/C=C\CCCC(=O)OCC(COP(=O)(O)OCC(O)COP(=O)(O)OCC(COC(=O)CCCCCCCC/C=C\C/C=C\C/C=C\C/C=C\CC)OC(=O)CCCCCCC/C=C\C/C=C\CCC)OC(=O)CCCCCCC/C=C\CCCCCC. The number of carbonyl (C=O) groups excluding carboxylic acids is 4. The Morgan fingerprint density at radius 1 is 0.284 bits per heavy atom. The predicted molar refractivity (Wildman–Crippen MR) is 417 cm³/mol. The Morgan fingerprint density at radius 3 is 0.873 bits per heavy atom. The van der Waals surface area contributed by atoms with E-state index in [1.54, 1.807) is 0 Å². The van der Waals surface area contributed by atoms with Crippen LogP contribution in [-0.4, -0.2) is 96.7 Å². The van der Waals surface area contributed by atoms with Gasteiger partial charge in [-0.15, -0.1) is 0 Å². The molecule has 0 aliphatic carbocycles. The minimum Gasteiger partial charge on any atom is -0.462 e. The summed E-state index contributed by atoms with van der Waals surface area (Å²) in [5.41, 5.74) is 0. The maximum atomic E-state index is 13.1. The van der Waals surface area contributed by atoms with Gasteiger partial charge in [0.15, 0.2) is 12.2 Å². The minimum absolute atomic E-state index is 0.0688. The lowest BCUT2D eigenvalue weighted by atomic mass is 10.1. The summed E-state index contributed by atoms with van der Waals surface area (Å²) in [4.78, 5) is 72.9. The largest absolute Gasteiger partial charge is 0.472 e. The van der Waals surface area contributed by atoms with Gasteiger partial charge in [-0.1, -0.05) is 263 Å². The van der Waals surface area contributed by atoms with E-state index in [4.69, 9.17) is 37.0 Å². The van der Waals surface area contributed by atoms with Gasteiger partial charge in [0, 0.05) is 25.7 Å². The molecule has 102 heavy (non-hydrogen) atoms. The second-order valence-corrected chi connectivity index (χ2v) is 28.4. The topological polar surface area (TPSA) is 237 Å². The van der Waals surface area contributed by atoms with Gasteiger partial charge in [0.2, 0.25) is 0 Å². The van der Waals surface area contributed by atoms with Crippen molar-refractivity contribution in [1.29, 1.82) is 0 Å². The third kappa shape index (κ3) is 73.3. The van der Waals surface area contributed by atoms with E-state index in [0.29, 0.717) is 32.1 Å². The van der Waals surface area contributed by atoms with E-state index < -0.39 is 97.5 Å². The highest BCUT2D eigenvalue weighted by atomic mass is 31.2. The molecule has 582 valence electrons. The summed E-state index contributed by atoms with van der Waals surface area (Å²) in [5.74, 6) is -2.29. The first-order valence-corrected chi connectivity index (χ1v) is 42.1. The number of phosphoric ester groups is 2. The Hall–Kier alpha value is -5.06. The summed E-state index contributed by atoms with van der Waals surface area (Å²) in [7, 11) is -9.99. The van der Waals surface area contributed by atoms with Crippen molar-refractivity contribution in [2.45, 2.75) is 316 Å². The second-order valence-electron chi connectivity index (χ2n) is 25.5. The fourth-order valence-electron chi connectivity index (χ4n) is 9.87. The standard InChI is InChI=1S/C83H138O17P2/c1-5-9-13-17-21-25-29-33-35-37-38-40-42-46-48-52-56-60-64-68-81(86)94-74-79(100-83(88)70-66-62-58-54-50-44-32-28-24-20-16-12-8-4)76-98-102(91,92)96-72-77(84)71-95-101(89,90)97-75-78(99-82(87)69-65-61-57-53-49-43-31-27-23-19-15-11-7-3)73-93-80(85)67-63-59-55-51-47-45-41-39-36-34-30-26-22-18-14-10-6-2/h9-10,13-14,16,20-22,25-28,31-36,38,40-41,45,51,55,77-79,84H,5-8,11-12,15,17-19,23-24,29-30,37,39,42-44,46-50,52-54,56-76H2,1-4H3,(H,89,90)(H,91,92)/b13-9-,14-10-,20-16-,25-21-,26-22-,31-27-,32-28-,35-33-,36-34-,40-38-,45-41-,55-51-. The van der Waals surface area contributed by atoms with Gasteiger partial charge in [0.05, 0.1) is 26.4 Å². The van der Waals surface area contributed by atoms with E-state index in [1.165, 1.54) is 25.7 Å². The lowest BCUT2D eigenvalue weighted by Crippen LogP contribution is -2.30. The summed E-state index contributed by atoms with van der Waals surface area (Å²) < 4.78 is 68.4. The number of esters is 4. The van der Waals surface area contributed by atoms with Crippen molar-refractivity contribution < 1.29 is 80.2 Å². The second kappa shape index (κ2) is 74.2. The first-order valence-electron chi connectivity index (χ1n) is 39.1. The van der Waals surface area contributed by atoms with E-state index in [0.717, 1.165) is 186 Å². The van der Waals surface area contributed by atoms with Crippen LogP contribution in [0.15, 0.2) is 146 Å². The molecule has 19 heteroatoms. The number of aliphatic hydroxyl groups is 1. The van der Waals surface area contributed by atoms with Gasteiger partial charge in [-0.3, -0.25) is 37.3 Å². The number of hydrogen-bond donors (Lipinski definition) is 3. The number of hydrogen-bond acceptors (Lipinski definition) is 15. The molecule has 0 bridgehead atoms. The van der Waals surface area contributed by atoms with Crippen LogP contribution in [0.2, 0.25) is 0 Å². The zero-order valence-corrected chi connectivity index (χ0v) is 65.3. The number of aliphatic hydroxyl groups excluding tert-OH is 1. The molecule has 5 unspecified atom stereocenters. The van der Waals surface area contributed by atoms with Crippen molar-refractivity contribution in [2.24, 2.45) is 0 Å². The number of unbranched alkanes of at least 4 members (excludes halogenated alkanes) is 22. The maximum Gasteiger partial charge on any atom is 0.472 e. The van der Waals surface area contributed by atoms with Gasteiger partial charge in [0.25, 0.3) is 0 Å². The van der Waals surface area contributed by atoms with Crippen LogP contribution in [0, 0.1) is 0 Å². The first-order chi connectivity index (χ1) is 49.7. The smallest absolute Gasteiger partial charge is 0.462 e. The monoisotopic (exact) mass is 1470 g/mol. The van der Waals surface area contributed by atoms with Crippen LogP contribution in [0.25, 0.3) is 0 Å². The minimum atomic E-state index is -4.99. The van der Waals surface area contributed by atoms with E-state index >= 15 is 0 Å². The van der Waals surface area contributed by atoms with Crippen molar-refractivity contribution in [3.63, 3.8) is 0 Å². The molecule has 0 fully saturated rings. The van der Waals surface area contributed by atoms with Crippen LogP contribution >= 0.6 is 15.6 Å². The van der Waals surface area contributed by atoms with Crippen molar-refractivity contribution in [3.8, 4) is 0 Å². The molecule has 0 aliphatic rings. The third-order valence-electron chi connectivity index (χ3n) is 15.7. The Morgan fingerprint density at radius 2 is 0.539 bits per heavy atom. The van der Waals surface area contributed by atoms with Crippen LogP contribution in [-0.2, 0) is 65.4 Å². The summed E-state index contributed by atoms with van der Waals surface area (Å²) in [6, 6.07) is 0. The van der Waals surface area contributed by atoms with E-state index in [9.17, 15) is 43.2 Å². The van der Waals surface area contributed by atoms with Gasteiger partial charge in [-0.25, -0.2) is 9.13 Å². The number of ether oxygens (including phenoxy) is 4. The zero-order valence-electron chi connectivity index (χ0n) is 63.5. The number of phosphoric acid groups is 2. The van der Waals surface area contributed by atoms with Crippen LogP contribution in [0.4, 0.5) is 0 Å². The lowest BCUT2D eigenvalue weighted by molar-refractivity contribution is -0.161. The van der Waals surface area contributed by atoms with Gasteiger partial charge < -0.3 is 33.8 Å². The quantitative estimate of drug-likeness (QED) is 0.0169. The summed E-state index contributed by atoms with van der Waals surface area (Å²) in [6.07, 6.45) is 84.1. The molecule has 0 aromatic rings. The van der Waals surface area contributed by atoms with Gasteiger partial charge in [-0.05, 0) is 154 Å². The van der Waals surface area contributed by atoms with E-state index in [2.05, 4.69) is 161 Å². The average molecular weight is 1470 g/mol. The Bertz CT molecular complexity index is 2510. The molecule has 0 saturated carbocycles. The van der Waals surface area contributed by atoms with Gasteiger partial charge in [0.1, 0.15) is 19.3 Å². The summed E-state index contributed by atoms with van der Waals surface area (Å²) in [6.45, 7) is 4.45. The third-order valence-corrected chi connectivity index (χ3v) is 17.7. The van der Waals surface area contributed by atoms with Crippen molar-refractivity contribution in [2.75, 3.05) is 39.6 Å². The molecule has 5 atom stereocenters. The molecular weight excluding hydrogens is 1330 g/mol. The highest BCUT2D eigenvalue weighted by Gasteiger charge is 2.30. The lowest BCUT2D eigenvalue weighted by Gasteiger charge is -2.21. The molecule has 0 radical (unpaired) electrons. The number of rotatable bonds is 72. The molecule has 0 heterocycles. The first kappa shape index (κ1) is 96.9. The molecule has 0 amide bonds. The zero-order chi connectivity index (χ0) is 74.6. The fraction of sp³-hybridized carbons (Fsp3) is 0.663. The molecule has 0 spiro atoms. The van der Waals surface area contributed by atoms with Crippen LogP contribution in [0.3, 0.4) is 0 Å². The molecular formula is C83H138O17P2. The molecule has 0 aliphatic heterocycles. The Balaban J connectivity index is 5.40. The Labute approximate surface area is 617 Å². The molecule has 17 nitrogen and oxygen atoms in total. The fourth-order valence-corrected chi connectivity index (χ4v) is 11.4. The summed E-state index contributed by atoms with van der Waals surface area (Å²) in [5, 5.41) is 10.6. The molecule has 0 saturated heterocycles. The van der Waals surface area contributed by atoms with Crippen LogP contribution in [0.1, 0.15) is 297 Å². The number of carbonyl (C=O) groups is 4. The van der Waals surface area contributed by atoms with Crippen LogP contribution in [0.5, 0.6) is 0 Å². The normalized spacial score (nSPS) is 14.7. The van der Waals surface area contributed by atoms with E-state index in [-0.39, 0.29) is 25.7 Å². The van der Waals surface area contributed by atoms with Crippen molar-refractivity contribution in [3.05, 3.63) is 146 Å².